The molecule has 2 aliphatic rings. The highest BCUT2D eigenvalue weighted by Gasteiger charge is 2.45. The van der Waals surface area contributed by atoms with Gasteiger partial charge in [0, 0.05) is 32.2 Å². The van der Waals surface area contributed by atoms with Crippen molar-refractivity contribution in [3.05, 3.63) is 0 Å². The molecule has 1 saturated carbocycles. The Morgan fingerprint density at radius 1 is 1.33 bits per heavy atom. The lowest BCUT2D eigenvalue weighted by molar-refractivity contribution is -0.143. The number of nitrogens with zero attached hydrogens (tertiary/aromatic N) is 2. The van der Waals surface area contributed by atoms with Crippen molar-refractivity contribution in [1.29, 1.82) is 0 Å². The zero-order chi connectivity index (χ0) is 13.2. The Bertz CT molecular complexity index is 299. The van der Waals surface area contributed by atoms with Crippen molar-refractivity contribution in [3.8, 4) is 0 Å². The highest BCUT2D eigenvalue weighted by Crippen LogP contribution is 2.38. The van der Waals surface area contributed by atoms with Crippen LogP contribution in [-0.2, 0) is 4.79 Å². The number of amides is 1. The zero-order valence-electron chi connectivity index (χ0n) is 11.8. The molecule has 4 heteroatoms. The average Bonchev–Trinajstić information content (AvgIpc) is 2.71. The lowest BCUT2D eigenvalue weighted by Gasteiger charge is -2.39. The van der Waals surface area contributed by atoms with E-state index in [1.165, 1.54) is 6.42 Å². The van der Waals surface area contributed by atoms with Gasteiger partial charge in [0.15, 0.2) is 0 Å². The predicted octanol–water partition coefficient (Wildman–Crippen LogP) is 1.06. The van der Waals surface area contributed by atoms with E-state index in [2.05, 4.69) is 18.7 Å². The first-order chi connectivity index (χ1) is 8.58. The molecule has 1 amide bonds. The van der Waals surface area contributed by atoms with Gasteiger partial charge in [-0.15, -0.1) is 0 Å². The minimum absolute atomic E-state index is 0.0543. The fraction of sp³-hybridized carbons (Fsp3) is 0.929. The van der Waals surface area contributed by atoms with Crippen LogP contribution in [-0.4, -0.2) is 54.5 Å². The van der Waals surface area contributed by atoms with E-state index in [0.29, 0.717) is 5.91 Å². The Kier molecular flexibility index (Phi) is 4.28. The maximum Gasteiger partial charge on any atom is 0.230 e. The van der Waals surface area contributed by atoms with Gasteiger partial charge in [0.1, 0.15) is 0 Å². The van der Waals surface area contributed by atoms with Gasteiger partial charge in [0.25, 0.3) is 0 Å². The number of hydrogen-bond donors (Lipinski definition) is 1. The molecule has 2 fully saturated rings. The van der Waals surface area contributed by atoms with E-state index in [0.717, 1.165) is 52.0 Å². The van der Waals surface area contributed by atoms with Crippen LogP contribution in [0.1, 0.15) is 39.5 Å². The van der Waals surface area contributed by atoms with Crippen LogP contribution in [0.15, 0.2) is 0 Å². The molecule has 1 heterocycles. The highest BCUT2D eigenvalue weighted by atomic mass is 16.2. The van der Waals surface area contributed by atoms with E-state index in [1.807, 2.05) is 4.90 Å². The summed E-state index contributed by atoms with van der Waals surface area (Å²) in [6.45, 7) is 9.21. The second-order valence-electron chi connectivity index (χ2n) is 6.05. The van der Waals surface area contributed by atoms with Crippen molar-refractivity contribution < 1.29 is 4.79 Å². The molecule has 2 rings (SSSR count). The molecule has 0 spiro atoms. The monoisotopic (exact) mass is 253 g/mol. The molecule has 18 heavy (non-hydrogen) atoms. The van der Waals surface area contributed by atoms with Crippen molar-refractivity contribution in [1.82, 2.24) is 9.80 Å². The van der Waals surface area contributed by atoms with E-state index < -0.39 is 0 Å². The number of nitrogens with two attached hydrogens (primary N) is 1. The number of carbonyl (C=O) groups excluding carboxylic acids is 1. The minimum atomic E-state index is -0.299. The summed E-state index contributed by atoms with van der Waals surface area (Å²) in [7, 11) is 0. The largest absolute Gasteiger partial charge is 0.340 e. The Labute approximate surface area is 110 Å². The van der Waals surface area contributed by atoms with Crippen LogP contribution in [0.4, 0.5) is 0 Å². The minimum Gasteiger partial charge on any atom is -0.340 e. The summed E-state index contributed by atoms with van der Waals surface area (Å²) < 4.78 is 0. The van der Waals surface area contributed by atoms with Crippen LogP contribution in [0, 0.1) is 5.41 Å². The third-order valence-corrected chi connectivity index (χ3v) is 4.72. The Hall–Kier alpha value is -0.610. The summed E-state index contributed by atoms with van der Waals surface area (Å²) in [6.07, 6.45) is 4.25. The van der Waals surface area contributed by atoms with Crippen LogP contribution in [0.3, 0.4) is 0 Å². The highest BCUT2D eigenvalue weighted by molar-refractivity contribution is 5.83. The average molecular weight is 253 g/mol. The number of hydrogen-bond acceptors (Lipinski definition) is 3. The summed E-state index contributed by atoms with van der Waals surface area (Å²) in [5.74, 6) is 0.295. The van der Waals surface area contributed by atoms with Crippen molar-refractivity contribution in [2.45, 2.75) is 45.6 Å². The Morgan fingerprint density at radius 3 is 2.50 bits per heavy atom. The van der Waals surface area contributed by atoms with Gasteiger partial charge < -0.3 is 10.6 Å². The van der Waals surface area contributed by atoms with Gasteiger partial charge >= 0.3 is 0 Å². The van der Waals surface area contributed by atoms with E-state index in [9.17, 15) is 4.79 Å². The topological polar surface area (TPSA) is 49.6 Å². The second-order valence-corrected chi connectivity index (χ2v) is 6.05. The van der Waals surface area contributed by atoms with Gasteiger partial charge in [0.05, 0.1) is 5.41 Å². The molecule has 2 N–H and O–H groups in total. The molecule has 1 saturated heterocycles. The molecular formula is C14H27N3O. The van der Waals surface area contributed by atoms with Crippen molar-refractivity contribution in [2.24, 2.45) is 11.1 Å². The van der Waals surface area contributed by atoms with Gasteiger partial charge in [-0.1, -0.05) is 13.3 Å². The normalized spacial score (nSPS) is 33.9. The van der Waals surface area contributed by atoms with Crippen LogP contribution in [0.25, 0.3) is 0 Å². The quantitative estimate of drug-likeness (QED) is 0.818. The summed E-state index contributed by atoms with van der Waals surface area (Å²) in [6, 6.07) is 0.0543. The maximum absolute atomic E-state index is 12.6. The molecular weight excluding hydrogens is 226 g/mol. The fourth-order valence-corrected chi connectivity index (χ4v) is 3.31. The van der Waals surface area contributed by atoms with Gasteiger partial charge in [0.2, 0.25) is 5.91 Å². The zero-order valence-corrected chi connectivity index (χ0v) is 11.8. The standard InChI is InChI=1S/C14H27N3O/c1-3-7-16-8-10-17(11-9-16)13(18)14(2)6-4-5-12(14)15/h12H,3-11,15H2,1-2H3. The molecule has 4 nitrogen and oxygen atoms in total. The molecule has 2 atom stereocenters. The molecule has 0 aromatic carbocycles. The Morgan fingerprint density at radius 2 is 2.00 bits per heavy atom. The van der Waals surface area contributed by atoms with Gasteiger partial charge in [-0.2, -0.15) is 0 Å². The lowest BCUT2D eigenvalue weighted by Crippen LogP contribution is -2.55. The van der Waals surface area contributed by atoms with Crippen molar-refractivity contribution >= 4 is 5.91 Å². The first-order valence-electron chi connectivity index (χ1n) is 7.35. The number of carbonyl (C=O) groups is 1. The second kappa shape index (κ2) is 5.57. The summed E-state index contributed by atoms with van der Waals surface area (Å²) in [5.41, 5.74) is 5.84. The maximum atomic E-state index is 12.6. The fourth-order valence-electron chi connectivity index (χ4n) is 3.31. The number of piperazine rings is 1. The number of rotatable bonds is 3. The van der Waals surface area contributed by atoms with E-state index >= 15 is 0 Å². The summed E-state index contributed by atoms with van der Waals surface area (Å²) in [5, 5.41) is 0. The molecule has 2 unspecified atom stereocenters. The van der Waals surface area contributed by atoms with Crippen molar-refractivity contribution in [2.75, 3.05) is 32.7 Å². The van der Waals surface area contributed by atoms with E-state index in [-0.39, 0.29) is 11.5 Å². The third-order valence-electron chi connectivity index (χ3n) is 4.72. The van der Waals surface area contributed by atoms with Gasteiger partial charge in [-0.05, 0) is 32.7 Å². The SMILES string of the molecule is CCCN1CCN(C(=O)C2(C)CCCC2N)CC1. The summed E-state index contributed by atoms with van der Waals surface area (Å²) in [4.78, 5) is 17.1. The Balaban J connectivity index is 1.91. The predicted molar refractivity (Wildman–Crippen MR) is 73.2 cm³/mol. The van der Waals surface area contributed by atoms with Crippen LogP contribution >= 0.6 is 0 Å². The van der Waals surface area contributed by atoms with Crippen molar-refractivity contribution in [3.63, 3.8) is 0 Å². The molecule has 1 aliphatic carbocycles. The molecule has 0 bridgehead atoms. The van der Waals surface area contributed by atoms with E-state index in [1.54, 1.807) is 0 Å². The lowest BCUT2D eigenvalue weighted by atomic mass is 9.83. The third kappa shape index (κ3) is 2.54. The molecule has 104 valence electrons. The van der Waals surface area contributed by atoms with Crippen LogP contribution in [0.5, 0.6) is 0 Å². The first-order valence-corrected chi connectivity index (χ1v) is 7.35. The first kappa shape index (κ1) is 13.8. The van der Waals surface area contributed by atoms with Gasteiger partial charge in [-0.3, -0.25) is 9.69 Å². The van der Waals surface area contributed by atoms with Crippen LogP contribution < -0.4 is 5.73 Å². The smallest absolute Gasteiger partial charge is 0.230 e. The molecule has 0 radical (unpaired) electrons. The van der Waals surface area contributed by atoms with Gasteiger partial charge in [-0.25, -0.2) is 0 Å². The molecule has 0 aromatic heterocycles. The van der Waals surface area contributed by atoms with Crippen LogP contribution in [0.2, 0.25) is 0 Å². The molecule has 1 aliphatic heterocycles. The molecule has 0 aromatic rings. The van der Waals surface area contributed by atoms with E-state index in [4.69, 9.17) is 5.73 Å². The summed E-state index contributed by atoms with van der Waals surface area (Å²) >= 11 is 0.